The first-order valence-corrected chi connectivity index (χ1v) is 3.02. The smallest absolute Gasteiger partial charge is 0.0372 e. The summed E-state index contributed by atoms with van der Waals surface area (Å²) in [6.07, 6.45) is 0. The Morgan fingerprint density at radius 1 is 1.30 bits per heavy atom. The minimum atomic E-state index is 0.191. The molecule has 1 aromatic rings. The number of nitrogen functional groups attached to an aromatic ring is 2. The van der Waals surface area contributed by atoms with Crippen molar-refractivity contribution in [3.8, 4) is 0 Å². The van der Waals surface area contributed by atoms with Crippen LogP contribution in [-0.4, -0.2) is 0 Å². The van der Waals surface area contributed by atoms with Gasteiger partial charge in [-0.3, -0.25) is 5.73 Å². The lowest BCUT2D eigenvalue weighted by molar-refractivity contribution is 1.03. The van der Waals surface area contributed by atoms with E-state index in [0.29, 0.717) is 11.4 Å². The van der Waals surface area contributed by atoms with Gasteiger partial charge in [0.05, 0.1) is 0 Å². The van der Waals surface area contributed by atoms with E-state index in [2.05, 4.69) is 0 Å². The number of hydrogen-bond acceptors (Lipinski definition) is 2. The van der Waals surface area contributed by atoms with E-state index >= 15 is 0 Å². The number of hydrogen-bond donors (Lipinski definition) is 2. The lowest BCUT2D eigenvalue weighted by Crippen LogP contribution is -1.96. The van der Waals surface area contributed by atoms with E-state index < -0.39 is 0 Å². The van der Waals surface area contributed by atoms with Crippen LogP contribution in [0.1, 0.15) is 5.56 Å². The third-order valence-corrected chi connectivity index (χ3v) is 1.36. The molecule has 0 heterocycles. The Labute approximate surface area is 59.8 Å². The molecule has 0 saturated heterocycles. The Morgan fingerprint density at radius 3 is 2.50 bits per heavy atom. The first-order valence-electron chi connectivity index (χ1n) is 3.02. The van der Waals surface area contributed by atoms with Crippen molar-refractivity contribution in [3.05, 3.63) is 23.8 Å². The highest BCUT2D eigenvalue weighted by Gasteiger charge is 1.95. The Hall–Kier alpha value is -1.22. The molecule has 1 aromatic carbocycles. The van der Waals surface area contributed by atoms with Gasteiger partial charge in [-0.15, -0.1) is 0 Å². The van der Waals surface area contributed by atoms with Crippen LogP contribution in [0, 0.1) is 0 Å². The van der Waals surface area contributed by atoms with Crippen LogP contribution in [0.15, 0.2) is 18.2 Å². The summed E-state index contributed by atoms with van der Waals surface area (Å²) in [6.45, 7) is 0.191. The van der Waals surface area contributed by atoms with Crippen molar-refractivity contribution in [1.82, 2.24) is 5.73 Å². The third-order valence-electron chi connectivity index (χ3n) is 1.36. The van der Waals surface area contributed by atoms with Crippen LogP contribution in [0.4, 0.5) is 11.4 Å². The molecule has 0 fully saturated rings. The molecule has 0 aliphatic heterocycles. The first-order chi connectivity index (χ1) is 4.74. The number of nitrogens with two attached hydrogens (primary N) is 2. The number of nitrogens with one attached hydrogen (secondary N) is 1. The molecule has 1 rings (SSSR count). The molecule has 0 spiro atoms. The molecule has 0 atom stereocenters. The fraction of sp³-hybridized carbons (Fsp3) is 0.143. The maximum atomic E-state index is 7.05. The van der Waals surface area contributed by atoms with Crippen molar-refractivity contribution in [2.24, 2.45) is 0 Å². The molecule has 0 saturated carbocycles. The molecule has 10 heavy (non-hydrogen) atoms. The van der Waals surface area contributed by atoms with Gasteiger partial charge in [-0.1, -0.05) is 0 Å². The minimum Gasteiger partial charge on any atom is -0.399 e. The molecule has 5 N–H and O–H groups in total. The van der Waals surface area contributed by atoms with E-state index in [4.69, 9.17) is 17.2 Å². The molecular formula is C7H10N3. The van der Waals surface area contributed by atoms with E-state index in [9.17, 15) is 0 Å². The van der Waals surface area contributed by atoms with Crippen molar-refractivity contribution < 1.29 is 0 Å². The maximum Gasteiger partial charge on any atom is 0.0372 e. The Morgan fingerprint density at radius 2 is 2.00 bits per heavy atom. The fourth-order valence-corrected chi connectivity index (χ4v) is 0.779. The van der Waals surface area contributed by atoms with Gasteiger partial charge in [-0.25, -0.2) is 0 Å². The quantitative estimate of drug-likeness (QED) is 0.555. The van der Waals surface area contributed by atoms with Gasteiger partial charge in [-0.2, -0.15) is 0 Å². The summed E-state index contributed by atoms with van der Waals surface area (Å²) < 4.78 is 0. The summed E-state index contributed by atoms with van der Waals surface area (Å²) >= 11 is 0. The van der Waals surface area contributed by atoms with Crippen LogP contribution in [0.2, 0.25) is 0 Å². The van der Waals surface area contributed by atoms with E-state index in [1.54, 1.807) is 18.2 Å². The zero-order valence-corrected chi connectivity index (χ0v) is 5.59. The minimum absolute atomic E-state index is 0.191. The molecule has 0 bridgehead atoms. The summed E-state index contributed by atoms with van der Waals surface area (Å²) in [5, 5.41) is 0. The number of anilines is 2. The average Bonchev–Trinajstić information content (AvgIpc) is 1.94. The van der Waals surface area contributed by atoms with Gasteiger partial charge >= 0.3 is 0 Å². The summed E-state index contributed by atoms with van der Waals surface area (Å²) in [4.78, 5) is 0. The van der Waals surface area contributed by atoms with Gasteiger partial charge in [0.1, 0.15) is 0 Å². The fourth-order valence-electron chi connectivity index (χ4n) is 0.779. The second kappa shape index (κ2) is 2.58. The van der Waals surface area contributed by atoms with E-state index in [0.717, 1.165) is 5.56 Å². The predicted molar refractivity (Wildman–Crippen MR) is 42.1 cm³/mol. The maximum absolute atomic E-state index is 7.05. The second-order valence-corrected chi connectivity index (χ2v) is 2.14. The standard InChI is InChI=1S/C7H10N3/c8-4-5-3-6(9)1-2-7(5)10/h1-3,8H,4,9-10H2. The third kappa shape index (κ3) is 1.19. The van der Waals surface area contributed by atoms with E-state index in [1.807, 2.05) is 0 Å². The van der Waals surface area contributed by atoms with Crippen molar-refractivity contribution in [1.29, 1.82) is 0 Å². The second-order valence-electron chi connectivity index (χ2n) is 2.14. The molecule has 1 radical (unpaired) electrons. The monoisotopic (exact) mass is 136 g/mol. The van der Waals surface area contributed by atoms with Crippen LogP contribution in [0.5, 0.6) is 0 Å². The molecule has 0 aromatic heterocycles. The van der Waals surface area contributed by atoms with Gasteiger partial charge in [0.2, 0.25) is 0 Å². The topological polar surface area (TPSA) is 75.8 Å². The van der Waals surface area contributed by atoms with E-state index in [-0.39, 0.29) is 6.54 Å². The predicted octanol–water partition coefficient (Wildman–Crippen LogP) is 0.634. The molecule has 53 valence electrons. The van der Waals surface area contributed by atoms with Crippen molar-refractivity contribution in [2.75, 3.05) is 11.5 Å². The highest BCUT2D eigenvalue weighted by Crippen LogP contribution is 2.14. The Kier molecular flexibility index (Phi) is 1.78. The van der Waals surface area contributed by atoms with Crippen LogP contribution in [0.25, 0.3) is 0 Å². The number of benzene rings is 1. The van der Waals surface area contributed by atoms with E-state index in [1.165, 1.54) is 0 Å². The van der Waals surface area contributed by atoms with Crippen molar-refractivity contribution in [2.45, 2.75) is 6.54 Å². The molecule has 3 heteroatoms. The molecule has 0 amide bonds. The Bertz CT molecular complexity index is 232. The zero-order valence-electron chi connectivity index (χ0n) is 5.59. The highest BCUT2D eigenvalue weighted by molar-refractivity contribution is 5.54. The molecule has 0 unspecified atom stereocenters. The van der Waals surface area contributed by atoms with Crippen LogP contribution in [-0.2, 0) is 6.54 Å². The summed E-state index contributed by atoms with van der Waals surface area (Å²) in [7, 11) is 0. The van der Waals surface area contributed by atoms with Crippen LogP contribution < -0.4 is 17.2 Å². The van der Waals surface area contributed by atoms with Gasteiger partial charge in [0.15, 0.2) is 0 Å². The summed E-state index contributed by atoms with van der Waals surface area (Å²) in [5.41, 5.74) is 20.1. The molecular weight excluding hydrogens is 126 g/mol. The highest BCUT2D eigenvalue weighted by atomic mass is 14.6. The molecule has 3 nitrogen and oxygen atoms in total. The van der Waals surface area contributed by atoms with Crippen LogP contribution in [0.3, 0.4) is 0 Å². The van der Waals surface area contributed by atoms with Crippen molar-refractivity contribution in [3.63, 3.8) is 0 Å². The summed E-state index contributed by atoms with van der Waals surface area (Å²) in [6, 6.07) is 5.18. The van der Waals surface area contributed by atoms with Gasteiger partial charge < -0.3 is 11.5 Å². The van der Waals surface area contributed by atoms with Crippen LogP contribution >= 0.6 is 0 Å². The Balaban J connectivity index is 3.09. The van der Waals surface area contributed by atoms with Crippen molar-refractivity contribution >= 4 is 11.4 Å². The summed E-state index contributed by atoms with van der Waals surface area (Å²) in [5.74, 6) is 0. The van der Waals surface area contributed by atoms with Gasteiger partial charge in [0, 0.05) is 17.9 Å². The molecule has 0 aliphatic carbocycles. The molecule has 0 aliphatic rings. The first kappa shape index (κ1) is 6.89. The largest absolute Gasteiger partial charge is 0.399 e. The normalized spacial score (nSPS) is 9.70. The van der Waals surface area contributed by atoms with Gasteiger partial charge in [-0.05, 0) is 23.8 Å². The number of rotatable bonds is 1. The zero-order chi connectivity index (χ0) is 7.56. The lowest BCUT2D eigenvalue weighted by atomic mass is 10.1. The average molecular weight is 136 g/mol. The lowest BCUT2D eigenvalue weighted by Gasteiger charge is -2.01. The SMILES string of the molecule is [NH]Cc1cc(N)ccc1N. The van der Waals surface area contributed by atoms with Gasteiger partial charge in [0.25, 0.3) is 0 Å².